The molecule has 0 aromatic heterocycles. The lowest BCUT2D eigenvalue weighted by molar-refractivity contribution is 0.593. The SMILES string of the molecule is C#[N+]Nc1cccc(C(C)(C)C)c1N. The van der Waals surface area contributed by atoms with Gasteiger partial charge >= 0.3 is 6.57 Å². The van der Waals surface area contributed by atoms with E-state index in [2.05, 4.69) is 31.2 Å². The van der Waals surface area contributed by atoms with E-state index in [0.29, 0.717) is 5.69 Å². The molecule has 1 rings (SSSR count). The van der Waals surface area contributed by atoms with Crippen molar-refractivity contribution in [2.45, 2.75) is 26.2 Å². The van der Waals surface area contributed by atoms with E-state index >= 15 is 0 Å². The summed E-state index contributed by atoms with van der Waals surface area (Å²) in [5, 5.41) is 0. The number of hydrogen-bond acceptors (Lipinski definition) is 2. The van der Waals surface area contributed by atoms with Gasteiger partial charge in [-0.05, 0) is 22.5 Å². The van der Waals surface area contributed by atoms with E-state index in [4.69, 9.17) is 12.3 Å². The van der Waals surface area contributed by atoms with Crippen molar-refractivity contribution in [2.24, 2.45) is 0 Å². The highest BCUT2D eigenvalue weighted by atomic mass is 15.3. The molecule has 1 aromatic rings. The third-order valence-electron chi connectivity index (χ3n) is 2.10. The molecule has 0 amide bonds. The molecular formula is C11H16N3+. The fourth-order valence-electron chi connectivity index (χ4n) is 1.39. The molecule has 0 unspecified atom stereocenters. The molecule has 0 fully saturated rings. The van der Waals surface area contributed by atoms with E-state index in [-0.39, 0.29) is 5.41 Å². The van der Waals surface area contributed by atoms with E-state index in [1.54, 1.807) is 0 Å². The molecule has 1 aromatic carbocycles. The lowest BCUT2D eigenvalue weighted by Gasteiger charge is -2.21. The summed E-state index contributed by atoms with van der Waals surface area (Å²) in [4.78, 5) is 3.36. The van der Waals surface area contributed by atoms with Gasteiger partial charge in [0.05, 0.1) is 10.6 Å². The molecule has 0 saturated carbocycles. The van der Waals surface area contributed by atoms with Crippen molar-refractivity contribution in [1.82, 2.24) is 0 Å². The number of nitrogens with one attached hydrogen (secondary N) is 1. The van der Waals surface area contributed by atoms with Crippen molar-refractivity contribution >= 4 is 11.4 Å². The first-order chi connectivity index (χ1) is 6.46. The Kier molecular flexibility index (Phi) is 2.66. The molecule has 0 atom stereocenters. The standard InChI is InChI=1S/C11H16N3/c1-11(2,3)8-6-5-7-9(10(8)12)14-13-4/h4-7,14H,12H2,1-3H3/q+1. The summed E-state index contributed by atoms with van der Waals surface area (Å²) < 4.78 is 0. The van der Waals surface area contributed by atoms with Gasteiger partial charge in [-0.15, -0.1) is 0 Å². The average molecular weight is 190 g/mol. The van der Waals surface area contributed by atoms with Crippen LogP contribution in [0.15, 0.2) is 18.2 Å². The number of hydrogen-bond donors (Lipinski definition) is 2. The van der Waals surface area contributed by atoms with Gasteiger partial charge in [0.2, 0.25) is 0 Å². The summed E-state index contributed by atoms with van der Waals surface area (Å²) in [5.41, 5.74) is 11.2. The maximum atomic E-state index is 5.98. The van der Waals surface area contributed by atoms with Gasteiger partial charge in [-0.3, -0.25) is 0 Å². The molecule has 14 heavy (non-hydrogen) atoms. The Balaban J connectivity index is 3.22. The van der Waals surface area contributed by atoms with E-state index in [0.717, 1.165) is 11.3 Å². The molecule has 0 heterocycles. The highest BCUT2D eigenvalue weighted by molar-refractivity contribution is 5.71. The van der Waals surface area contributed by atoms with E-state index in [1.165, 1.54) is 0 Å². The normalized spacial score (nSPS) is 10.7. The molecule has 3 N–H and O–H groups in total. The smallest absolute Gasteiger partial charge is 0.305 e. The van der Waals surface area contributed by atoms with Gasteiger partial charge in [0.25, 0.3) is 0 Å². The Labute approximate surface area is 84.7 Å². The highest BCUT2D eigenvalue weighted by Crippen LogP contribution is 2.32. The zero-order valence-corrected chi connectivity index (χ0v) is 8.83. The molecule has 74 valence electrons. The maximum absolute atomic E-state index is 5.98. The third kappa shape index (κ3) is 1.97. The predicted molar refractivity (Wildman–Crippen MR) is 61.5 cm³/mol. The molecule has 0 bridgehead atoms. The first-order valence-electron chi connectivity index (χ1n) is 4.51. The summed E-state index contributed by atoms with van der Waals surface area (Å²) in [6.07, 6.45) is 0. The number of nitrogen functional groups attached to an aromatic ring is 1. The van der Waals surface area contributed by atoms with Crippen molar-refractivity contribution in [1.29, 1.82) is 0 Å². The molecule has 0 aliphatic carbocycles. The Hall–Kier alpha value is -1.69. The van der Waals surface area contributed by atoms with Gasteiger partial charge in [0.15, 0.2) is 0 Å². The number of benzene rings is 1. The van der Waals surface area contributed by atoms with Crippen LogP contribution in [-0.2, 0) is 5.41 Å². The largest absolute Gasteiger partial charge is 0.397 e. The van der Waals surface area contributed by atoms with Gasteiger partial charge in [0, 0.05) is 0 Å². The second-order valence-corrected chi connectivity index (χ2v) is 4.26. The molecule has 0 aliphatic heterocycles. The monoisotopic (exact) mass is 190 g/mol. The second kappa shape index (κ2) is 3.59. The minimum absolute atomic E-state index is 0.0242. The lowest BCUT2D eigenvalue weighted by atomic mass is 9.85. The van der Waals surface area contributed by atoms with E-state index < -0.39 is 0 Å². The number of nitrogens with zero attached hydrogens (tertiary/aromatic N) is 1. The number of rotatable bonds is 1. The summed E-state index contributed by atoms with van der Waals surface area (Å²) in [5.74, 6) is 0. The van der Waals surface area contributed by atoms with Crippen LogP contribution < -0.4 is 11.2 Å². The third-order valence-corrected chi connectivity index (χ3v) is 2.10. The molecule has 3 heteroatoms. The van der Waals surface area contributed by atoms with E-state index in [9.17, 15) is 0 Å². The molecule has 0 spiro atoms. The minimum atomic E-state index is 0.0242. The lowest BCUT2D eigenvalue weighted by Crippen LogP contribution is -2.14. The van der Waals surface area contributed by atoms with Crippen molar-refractivity contribution in [2.75, 3.05) is 11.2 Å². The minimum Gasteiger partial charge on any atom is -0.397 e. The zero-order valence-electron chi connectivity index (χ0n) is 8.83. The van der Waals surface area contributed by atoms with Crippen LogP contribution in [0.2, 0.25) is 0 Å². The fourth-order valence-corrected chi connectivity index (χ4v) is 1.39. The van der Waals surface area contributed by atoms with Crippen molar-refractivity contribution in [3.05, 3.63) is 28.7 Å². The van der Waals surface area contributed by atoms with Crippen LogP contribution in [0.4, 0.5) is 11.4 Å². The first-order valence-corrected chi connectivity index (χ1v) is 4.51. The highest BCUT2D eigenvalue weighted by Gasteiger charge is 2.19. The van der Waals surface area contributed by atoms with Crippen molar-refractivity contribution in [3.63, 3.8) is 0 Å². The average Bonchev–Trinajstić information content (AvgIpc) is 2.07. The summed E-state index contributed by atoms with van der Waals surface area (Å²) >= 11 is 0. The van der Waals surface area contributed by atoms with Crippen LogP contribution in [0.1, 0.15) is 26.3 Å². The fraction of sp³-hybridized carbons (Fsp3) is 0.364. The van der Waals surface area contributed by atoms with Crippen LogP contribution in [0.3, 0.4) is 0 Å². The molecular weight excluding hydrogens is 174 g/mol. The van der Waals surface area contributed by atoms with Gasteiger partial charge in [-0.25, -0.2) is 0 Å². The van der Waals surface area contributed by atoms with Gasteiger partial charge < -0.3 is 5.73 Å². The van der Waals surface area contributed by atoms with Crippen LogP contribution in [0, 0.1) is 6.57 Å². The Morgan fingerprint density at radius 3 is 2.50 bits per heavy atom. The van der Waals surface area contributed by atoms with E-state index in [1.807, 2.05) is 18.2 Å². The topological polar surface area (TPSA) is 42.4 Å². The Morgan fingerprint density at radius 1 is 1.36 bits per heavy atom. The van der Waals surface area contributed by atoms with Crippen molar-refractivity contribution < 1.29 is 0 Å². The zero-order chi connectivity index (χ0) is 10.8. The quantitative estimate of drug-likeness (QED) is 0.528. The van der Waals surface area contributed by atoms with Gasteiger partial charge in [0.1, 0.15) is 5.69 Å². The Morgan fingerprint density at radius 2 is 2.00 bits per heavy atom. The van der Waals surface area contributed by atoms with Crippen molar-refractivity contribution in [3.8, 4) is 6.57 Å². The first kappa shape index (κ1) is 10.4. The molecule has 0 radical (unpaired) electrons. The summed E-state index contributed by atoms with van der Waals surface area (Å²) in [6, 6.07) is 5.79. The summed E-state index contributed by atoms with van der Waals surface area (Å²) in [7, 11) is 0. The predicted octanol–water partition coefficient (Wildman–Crippen LogP) is 2.86. The van der Waals surface area contributed by atoms with Gasteiger partial charge in [-0.2, -0.15) is 0 Å². The van der Waals surface area contributed by atoms with Crippen LogP contribution in [-0.4, -0.2) is 0 Å². The number of nitrogens with two attached hydrogens (primary N) is 1. The molecule has 0 aliphatic rings. The maximum Gasteiger partial charge on any atom is 0.305 e. The summed E-state index contributed by atoms with van der Waals surface area (Å²) in [6.45, 7) is 11.4. The van der Waals surface area contributed by atoms with Crippen LogP contribution >= 0.6 is 0 Å². The van der Waals surface area contributed by atoms with Crippen LogP contribution in [0.25, 0.3) is 4.95 Å². The van der Waals surface area contributed by atoms with Gasteiger partial charge in [-0.1, -0.05) is 32.9 Å². The second-order valence-electron chi connectivity index (χ2n) is 4.26. The number of para-hydroxylation sites is 1. The number of anilines is 2. The molecule has 0 saturated heterocycles. The Bertz CT molecular complexity index is 369. The van der Waals surface area contributed by atoms with Crippen LogP contribution in [0.5, 0.6) is 0 Å². The molecule has 3 nitrogen and oxygen atoms in total.